The molecule has 13 N–H and O–H groups in total. The van der Waals surface area contributed by atoms with Gasteiger partial charge < -0.3 is 62.7 Å². The van der Waals surface area contributed by atoms with E-state index in [4.69, 9.17) is 5.73 Å². The van der Waals surface area contributed by atoms with E-state index < -0.39 is 103 Å². The largest absolute Gasteiger partial charge is 0.508 e. The van der Waals surface area contributed by atoms with Crippen LogP contribution in [0.2, 0.25) is 0 Å². The lowest BCUT2D eigenvalue weighted by molar-refractivity contribution is -0.143. The van der Waals surface area contributed by atoms with Gasteiger partial charge in [-0.1, -0.05) is 68.8 Å². The maximum Gasteiger partial charge on any atom is 0.326 e. The summed E-state index contributed by atoms with van der Waals surface area (Å²) in [7, 11) is 0. The van der Waals surface area contributed by atoms with Crippen LogP contribution in [0.3, 0.4) is 0 Å². The molecule has 2 aromatic heterocycles. The summed E-state index contributed by atoms with van der Waals surface area (Å²) in [5.74, 6) is -7.76. The van der Waals surface area contributed by atoms with Gasteiger partial charge in [-0.25, -0.2) is 4.79 Å². The molecule has 19 heteroatoms. The van der Waals surface area contributed by atoms with E-state index in [1.807, 2.05) is 24.3 Å². The molecule has 3 aromatic carbocycles. The topological polar surface area (TPSA) is 318 Å². The Balaban J connectivity index is 1.31. The fourth-order valence-corrected chi connectivity index (χ4v) is 7.20. The Kier molecular flexibility index (Phi) is 16.6. The molecular weight excluding hydrogens is 829 g/mol. The summed E-state index contributed by atoms with van der Waals surface area (Å²) in [6, 6.07) is 11.8. The third kappa shape index (κ3) is 12.7. The average molecular weight is 883 g/mol. The van der Waals surface area contributed by atoms with Gasteiger partial charge >= 0.3 is 11.9 Å². The van der Waals surface area contributed by atoms with Gasteiger partial charge in [0.2, 0.25) is 29.5 Å². The second kappa shape index (κ2) is 22.2. The number of aromatic amines is 2. The molecule has 5 rings (SSSR count). The van der Waals surface area contributed by atoms with Crippen LogP contribution < -0.4 is 32.3 Å². The number of hydrogen-bond acceptors (Lipinski definition) is 10. The van der Waals surface area contributed by atoms with Gasteiger partial charge in [0.1, 0.15) is 36.0 Å². The van der Waals surface area contributed by atoms with Crippen LogP contribution in [0.1, 0.15) is 49.8 Å². The van der Waals surface area contributed by atoms with Crippen molar-refractivity contribution in [1.29, 1.82) is 0 Å². The number of aromatic hydroxyl groups is 1. The third-order valence-electron chi connectivity index (χ3n) is 11.1. The molecule has 0 aliphatic carbocycles. The fraction of sp³-hybridized carbons (Fsp3) is 0.356. The first-order valence-electron chi connectivity index (χ1n) is 20.8. The molecular formula is C45H54N8O11. The van der Waals surface area contributed by atoms with E-state index in [1.165, 1.54) is 24.3 Å². The molecule has 340 valence electrons. The van der Waals surface area contributed by atoms with Gasteiger partial charge in [-0.3, -0.25) is 28.8 Å². The number of nitrogens with one attached hydrogen (secondary N) is 7. The number of hydrogen-bond donors (Lipinski definition) is 12. The average Bonchev–Trinajstić information content (AvgIpc) is 3.89. The van der Waals surface area contributed by atoms with Crippen molar-refractivity contribution < 1.29 is 54.0 Å². The highest BCUT2D eigenvalue weighted by molar-refractivity contribution is 5.97. The van der Waals surface area contributed by atoms with E-state index in [2.05, 4.69) is 36.6 Å². The summed E-state index contributed by atoms with van der Waals surface area (Å²) < 4.78 is 0. The predicted molar refractivity (Wildman–Crippen MR) is 234 cm³/mol. The molecule has 0 unspecified atom stereocenters. The van der Waals surface area contributed by atoms with Crippen molar-refractivity contribution in [3.05, 3.63) is 102 Å². The second-order valence-corrected chi connectivity index (χ2v) is 15.7. The summed E-state index contributed by atoms with van der Waals surface area (Å²) in [6.45, 7) is 2.51. The van der Waals surface area contributed by atoms with Gasteiger partial charge in [0.25, 0.3) is 0 Å². The van der Waals surface area contributed by atoms with E-state index in [-0.39, 0.29) is 25.0 Å². The highest BCUT2D eigenvalue weighted by Crippen LogP contribution is 2.21. The molecule has 0 fully saturated rings. The van der Waals surface area contributed by atoms with Crippen molar-refractivity contribution in [3.8, 4) is 5.75 Å². The number of aromatic nitrogens is 2. The number of phenols is 1. The standard InChI is InChI=1S/C45H54N8O11/c1-3-24(2)39(44(62)49-34(16-17-38(56)57)41(59)51-36(45(63)64)20-27-22-48-33-11-7-5-9-30(27)33)53-42(60)35(18-25-12-14-28(55)15-13-25)50-43(61)37(23-54)52-40(58)31(46)19-26-21-47-32-10-6-4-8-29(26)32/h4-15,21-22,24,31,34-37,39,47-48,54-55H,3,16-20,23,46H2,1-2H3,(H,49,62)(H,50,61)(H,51,59)(H,52,58)(H,53,60)(H,56,57)(H,63,64)/t24-,31-,34-,35-,36-,37-,39-/m0/s1. The molecule has 7 atom stereocenters. The number of amides is 5. The molecule has 5 aromatic rings. The molecule has 64 heavy (non-hydrogen) atoms. The Morgan fingerprint density at radius 2 is 1.14 bits per heavy atom. The monoisotopic (exact) mass is 882 g/mol. The van der Waals surface area contributed by atoms with Gasteiger partial charge in [0.05, 0.1) is 12.6 Å². The predicted octanol–water partition coefficient (Wildman–Crippen LogP) is 1.12. The summed E-state index contributed by atoms with van der Waals surface area (Å²) in [5.41, 5.74) is 9.64. The number of aliphatic hydroxyl groups excluding tert-OH is 1. The van der Waals surface area contributed by atoms with Crippen molar-refractivity contribution >= 4 is 63.3 Å². The van der Waals surface area contributed by atoms with Crippen molar-refractivity contribution in [2.24, 2.45) is 11.7 Å². The van der Waals surface area contributed by atoms with Gasteiger partial charge in [-0.05, 0) is 59.7 Å². The molecule has 0 aliphatic rings. The van der Waals surface area contributed by atoms with Crippen LogP contribution in [0, 0.1) is 5.92 Å². The van der Waals surface area contributed by atoms with Crippen molar-refractivity contribution in [2.75, 3.05) is 6.61 Å². The quantitative estimate of drug-likeness (QED) is 0.0439. The van der Waals surface area contributed by atoms with Crippen LogP contribution in [-0.2, 0) is 52.8 Å². The van der Waals surface area contributed by atoms with Gasteiger partial charge in [-0.2, -0.15) is 0 Å². The Hall–Kier alpha value is -7.25. The molecule has 2 heterocycles. The molecule has 19 nitrogen and oxygen atoms in total. The fourth-order valence-electron chi connectivity index (χ4n) is 7.20. The number of carboxylic acid groups (broad SMARTS) is 2. The highest BCUT2D eigenvalue weighted by atomic mass is 16.4. The second-order valence-electron chi connectivity index (χ2n) is 15.7. The number of aliphatic carboxylic acids is 2. The number of carbonyl (C=O) groups excluding carboxylic acids is 5. The third-order valence-corrected chi connectivity index (χ3v) is 11.1. The molecule has 0 spiro atoms. The Morgan fingerprint density at radius 3 is 1.70 bits per heavy atom. The minimum Gasteiger partial charge on any atom is -0.508 e. The maximum absolute atomic E-state index is 14.2. The van der Waals surface area contributed by atoms with Crippen molar-refractivity contribution in [2.45, 2.75) is 88.6 Å². The van der Waals surface area contributed by atoms with Crippen LogP contribution in [0.15, 0.2) is 85.2 Å². The Labute approximate surface area is 367 Å². The van der Waals surface area contributed by atoms with Gasteiger partial charge in [0.15, 0.2) is 0 Å². The summed E-state index contributed by atoms with van der Waals surface area (Å²) in [5, 5.41) is 53.8. The number of aliphatic hydroxyl groups is 1. The first kappa shape index (κ1) is 47.8. The Bertz CT molecular complexity index is 2450. The summed E-state index contributed by atoms with van der Waals surface area (Å²) in [4.78, 5) is 98.9. The van der Waals surface area contributed by atoms with E-state index in [0.29, 0.717) is 17.5 Å². The molecule has 0 aliphatic heterocycles. The molecule has 0 saturated heterocycles. The SMILES string of the molecule is CC[C@H](C)[C@H](NC(=O)[C@H](Cc1ccc(O)cc1)NC(=O)[C@H](CO)NC(=O)[C@@H](N)Cc1c[nH]c2ccccc12)C(=O)N[C@@H](CCC(=O)O)C(=O)N[C@@H](Cc1c[nH]c2ccccc12)C(=O)O. The van der Waals surface area contributed by atoms with Gasteiger partial charge in [-0.15, -0.1) is 0 Å². The number of benzene rings is 3. The summed E-state index contributed by atoms with van der Waals surface area (Å²) in [6.07, 6.45) is 2.45. The van der Waals surface area contributed by atoms with Crippen LogP contribution in [0.5, 0.6) is 5.75 Å². The van der Waals surface area contributed by atoms with Crippen molar-refractivity contribution in [3.63, 3.8) is 0 Å². The van der Waals surface area contributed by atoms with E-state index in [9.17, 15) is 54.0 Å². The van der Waals surface area contributed by atoms with Gasteiger partial charge in [0, 0.05) is 53.5 Å². The zero-order valence-electron chi connectivity index (χ0n) is 35.3. The number of H-pyrrole nitrogens is 2. The van der Waals surface area contributed by atoms with E-state index >= 15 is 0 Å². The van der Waals surface area contributed by atoms with E-state index in [0.717, 1.165) is 27.4 Å². The van der Waals surface area contributed by atoms with Crippen molar-refractivity contribution in [1.82, 2.24) is 36.6 Å². The lowest BCUT2D eigenvalue weighted by atomic mass is 9.96. The zero-order valence-corrected chi connectivity index (χ0v) is 35.3. The van der Waals surface area contributed by atoms with Crippen LogP contribution in [-0.4, -0.2) is 115 Å². The smallest absolute Gasteiger partial charge is 0.326 e. The molecule has 0 radical (unpaired) electrons. The maximum atomic E-state index is 14.2. The minimum atomic E-state index is -1.55. The lowest BCUT2D eigenvalue weighted by Crippen LogP contribution is -2.61. The minimum absolute atomic E-state index is 0.0662. The first-order chi connectivity index (χ1) is 30.6. The van der Waals surface area contributed by atoms with E-state index in [1.54, 1.807) is 50.5 Å². The molecule has 5 amide bonds. The number of nitrogens with two attached hydrogens (primary N) is 1. The lowest BCUT2D eigenvalue weighted by Gasteiger charge is -2.29. The highest BCUT2D eigenvalue weighted by Gasteiger charge is 2.35. The molecule has 0 saturated carbocycles. The molecule has 0 bridgehead atoms. The number of carboxylic acids is 2. The summed E-state index contributed by atoms with van der Waals surface area (Å²) >= 11 is 0. The van der Waals surface area contributed by atoms with Crippen LogP contribution in [0.25, 0.3) is 21.8 Å². The normalized spacial score (nSPS) is 14.6. The number of phenolic OH excluding ortho intramolecular Hbond substituents is 1. The Morgan fingerprint density at radius 1 is 0.625 bits per heavy atom. The number of rotatable bonds is 23. The van der Waals surface area contributed by atoms with Crippen LogP contribution in [0.4, 0.5) is 0 Å². The zero-order chi connectivity index (χ0) is 46.5. The first-order valence-corrected chi connectivity index (χ1v) is 20.8. The van der Waals surface area contributed by atoms with Crippen LogP contribution >= 0.6 is 0 Å². The number of carbonyl (C=O) groups is 7. The number of fused-ring (bicyclic) bond motifs is 2. The number of para-hydroxylation sites is 2.